The van der Waals surface area contributed by atoms with Crippen LogP contribution in [0.3, 0.4) is 0 Å². The Morgan fingerprint density at radius 1 is 0.447 bits per heavy atom. The zero-order chi connectivity index (χ0) is 28.8. The SMILES string of the molecule is Nc1cc(Oc2ccc(Oc3cc(N)cc(C(F)(F)F)c3C(F)(F)F)cc2)c(C(F)(F)F)c(C(F)(F)F)c1. The van der Waals surface area contributed by atoms with Crippen LogP contribution in [0.15, 0.2) is 48.5 Å². The number of alkyl halides is 12. The van der Waals surface area contributed by atoms with Crippen LogP contribution < -0.4 is 20.9 Å². The summed E-state index contributed by atoms with van der Waals surface area (Å²) in [6, 6.07) is 4.23. The molecule has 16 heteroatoms. The molecule has 0 radical (unpaired) electrons. The van der Waals surface area contributed by atoms with E-state index in [1.165, 1.54) is 0 Å². The van der Waals surface area contributed by atoms with E-state index in [0.717, 1.165) is 24.3 Å². The van der Waals surface area contributed by atoms with Crippen LogP contribution in [0.4, 0.5) is 64.1 Å². The molecule has 0 spiro atoms. The van der Waals surface area contributed by atoms with Crippen molar-refractivity contribution in [2.24, 2.45) is 0 Å². The summed E-state index contributed by atoms with van der Waals surface area (Å²) >= 11 is 0. The average Bonchev–Trinajstić information content (AvgIpc) is 2.71. The molecule has 0 saturated heterocycles. The fraction of sp³-hybridized carbons (Fsp3) is 0.182. The van der Waals surface area contributed by atoms with Crippen molar-refractivity contribution in [1.29, 1.82) is 0 Å². The van der Waals surface area contributed by atoms with Crippen molar-refractivity contribution in [1.82, 2.24) is 0 Å². The largest absolute Gasteiger partial charge is 0.457 e. The monoisotopic (exact) mass is 564 g/mol. The van der Waals surface area contributed by atoms with Crippen molar-refractivity contribution >= 4 is 11.4 Å². The molecule has 4 N–H and O–H groups in total. The molecule has 3 rings (SSSR count). The highest BCUT2D eigenvalue weighted by atomic mass is 19.4. The maximum atomic E-state index is 13.4. The summed E-state index contributed by atoms with van der Waals surface area (Å²) < 4.78 is 170. The molecule has 0 atom stereocenters. The number of nitrogens with two attached hydrogens (primary N) is 2. The first-order valence-electron chi connectivity index (χ1n) is 9.79. The average molecular weight is 564 g/mol. The molecule has 0 heterocycles. The fourth-order valence-corrected chi connectivity index (χ4v) is 3.30. The van der Waals surface area contributed by atoms with Gasteiger partial charge >= 0.3 is 24.7 Å². The summed E-state index contributed by atoms with van der Waals surface area (Å²) in [5.74, 6) is -3.74. The van der Waals surface area contributed by atoms with Crippen LogP contribution in [0.1, 0.15) is 22.3 Å². The number of benzene rings is 3. The maximum absolute atomic E-state index is 13.4. The van der Waals surface area contributed by atoms with Crippen LogP contribution in [0.25, 0.3) is 0 Å². The second-order valence-corrected chi connectivity index (χ2v) is 7.55. The number of hydrogen-bond acceptors (Lipinski definition) is 4. The van der Waals surface area contributed by atoms with Crippen molar-refractivity contribution in [3.05, 3.63) is 70.8 Å². The zero-order valence-corrected chi connectivity index (χ0v) is 18.1. The van der Waals surface area contributed by atoms with Crippen LogP contribution in [-0.4, -0.2) is 0 Å². The van der Waals surface area contributed by atoms with Crippen LogP contribution >= 0.6 is 0 Å². The van der Waals surface area contributed by atoms with Crippen LogP contribution in [0, 0.1) is 0 Å². The number of ether oxygens (including phenoxy) is 2. The van der Waals surface area contributed by atoms with Gasteiger partial charge in [0.1, 0.15) is 34.1 Å². The molecule has 0 unspecified atom stereocenters. The molecule has 0 aromatic heterocycles. The molecule has 0 amide bonds. The highest BCUT2D eigenvalue weighted by Crippen LogP contribution is 2.49. The Morgan fingerprint density at radius 2 is 0.737 bits per heavy atom. The summed E-state index contributed by atoms with van der Waals surface area (Å²) in [4.78, 5) is 0. The lowest BCUT2D eigenvalue weighted by atomic mass is 10.0. The van der Waals surface area contributed by atoms with E-state index in [-0.39, 0.29) is 12.1 Å². The van der Waals surface area contributed by atoms with E-state index in [0.29, 0.717) is 12.1 Å². The van der Waals surface area contributed by atoms with Crippen LogP contribution in [0.2, 0.25) is 0 Å². The molecule has 0 bridgehead atoms. The van der Waals surface area contributed by atoms with Crippen molar-refractivity contribution in [2.75, 3.05) is 11.5 Å². The standard InChI is InChI=1S/C22H12F12N2O2/c23-19(24,25)13-5-9(35)7-15(17(13)21(29,30)31)37-11-1-2-12(4-3-11)38-16-8-10(36)6-14(20(26,27)28)18(16)22(32,33)34/h1-8H,35-36H2. The van der Waals surface area contributed by atoms with Gasteiger partial charge < -0.3 is 20.9 Å². The predicted octanol–water partition coefficient (Wildman–Crippen LogP) is 8.51. The normalized spacial score (nSPS) is 12.9. The first kappa shape index (κ1) is 28.6. The summed E-state index contributed by atoms with van der Waals surface area (Å²) in [6.45, 7) is 0. The Hall–Kier alpha value is -3.98. The van der Waals surface area contributed by atoms with Crippen LogP contribution in [0.5, 0.6) is 23.0 Å². The first-order chi connectivity index (χ1) is 17.2. The molecular formula is C22H12F12N2O2. The van der Waals surface area contributed by atoms with Gasteiger partial charge in [0.25, 0.3) is 0 Å². The summed E-state index contributed by atoms with van der Waals surface area (Å²) in [5.41, 5.74) is 0.513. The third-order valence-corrected chi connectivity index (χ3v) is 4.71. The van der Waals surface area contributed by atoms with Gasteiger partial charge in [0.15, 0.2) is 0 Å². The molecule has 206 valence electrons. The van der Waals surface area contributed by atoms with Gasteiger partial charge in [-0.15, -0.1) is 0 Å². The molecular weight excluding hydrogens is 552 g/mol. The minimum atomic E-state index is -5.53. The van der Waals surface area contributed by atoms with Gasteiger partial charge in [0.05, 0.1) is 11.1 Å². The van der Waals surface area contributed by atoms with Crippen molar-refractivity contribution in [3.8, 4) is 23.0 Å². The van der Waals surface area contributed by atoms with Gasteiger partial charge in [0, 0.05) is 23.5 Å². The topological polar surface area (TPSA) is 70.5 Å². The lowest BCUT2D eigenvalue weighted by Gasteiger charge is -2.21. The van der Waals surface area contributed by atoms with E-state index in [1.807, 2.05) is 0 Å². The zero-order valence-electron chi connectivity index (χ0n) is 18.1. The third kappa shape index (κ3) is 6.28. The Morgan fingerprint density at radius 3 is 0.974 bits per heavy atom. The Kier molecular flexibility index (Phi) is 7.07. The quantitative estimate of drug-likeness (QED) is 0.246. The minimum absolute atomic E-state index is 0.0611. The van der Waals surface area contributed by atoms with E-state index in [4.69, 9.17) is 20.9 Å². The number of nitrogen functional groups attached to an aromatic ring is 2. The second kappa shape index (κ2) is 9.40. The molecule has 0 fully saturated rings. The fourth-order valence-electron chi connectivity index (χ4n) is 3.30. The number of halogens is 12. The molecule has 38 heavy (non-hydrogen) atoms. The number of hydrogen-bond donors (Lipinski definition) is 2. The molecule has 3 aromatic rings. The molecule has 3 aromatic carbocycles. The van der Waals surface area contributed by atoms with Gasteiger partial charge in [-0.25, -0.2) is 0 Å². The Balaban J connectivity index is 2.01. The van der Waals surface area contributed by atoms with Crippen LogP contribution in [-0.2, 0) is 24.7 Å². The molecule has 0 aliphatic rings. The first-order valence-corrected chi connectivity index (χ1v) is 9.79. The summed E-state index contributed by atoms with van der Waals surface area (Å²) in [6.07, 6.45) is -22.0. The lowest BCUT2D eigenvalue weighted by molar-refractivity contribution is -0.162. The molecule has 4 nitrogen and oxygen atoms in total. The number of anilines is 2. The predicted molar refractivity (Wildman–Crippen MR) is 108 cm³/mol. The minimum Gasteiger partial charge on any atom is -0.457 e. The van der Waals surface area contributed by atoms with Crippen molar-refractivity contribution < 1.29 is 62.2 Å². The van der Waals surface area contributed by atoms with Gasteiger partial charge in [0.2, 0.25) is 0 Å². The van der Waals surface area contributed by atoms with Crippen molar-refractivity contribution in [3.63, 3.8) is 0 Å². The van der Waals surface area contributed by atoms with E-state index in [9.17, 15) is 52.7 Å². The summed E-state index contributed by atoms with van der Waals surface area (Å²) in [5, 5.41) is 0. The van der Waals surface area contributed by atoms with Gasteiger partial charge in [-0.3, -0.25) is 0 Å². The van der Waals surface area contributed by atoms with E-state index in [2.05, 4.69) is 0 Å². The van der Waals surface area contributed by atoms with E-state index >= 15 is 0 Å². The summed E-state index contributed by atoms with van der Waals surface area (Å²) in [7, 11) is 0. The lowest BCUT2D eigenvalue weighted by Crippen LogP contribution is -2.18. The van der Waals surface area contributed by atoms with Gasteiger partial charge in [-0.1, -0.05) is 0 Å². The van der Waals surface area contributed by atoms with Gasteiger partial charge in [-0.05, 0) is 36.4 Å². The molecule has 0 aliphatic carbocycles. The highest BCUT2D eigenvalue weighted by Gasteiger charge is 2.47. The highest BCUT2D eigenvalue weighted by molar-refractivity contribution is 5.58. The van der Waals surface area contributed by atoms with E-state index in [1.54, 1.807) is 0 Å². The van der Waals surface area contributed by atoms with Crippen molar-refractivity contribution in [2.45, 2.75) is 24.7 Å². The third-order valence-electron chi connectivity index (χ3n) is 4.71. The molecule has 0 saturated carbocycles. The van der Waals surface area contributed by atoms with Gasteiger partial charge in [-0.2, -0.15) is 52.7 Å². The maximum Gasteiger partial charge on any atom is 0.420 e. The number of rotatable bonds is 4. The molecule has 0 aliphatic heterocycles. The van der Waals surface area contributed by atoms with E-state index < -0.39 is 81.3 Å². The second-order valence-electron chi connectivity index (χ2n) is 7.55. The Labute approximate surface area is 204 Å². The Bertz CT molecular complexity index is 1220. The smallest absolute Gasteiger partial charge is 0.420 e.